The molecule has 0 aliphatic rings. The molecule has 4 heteroatoms. The highest BCUT2D eigenvalue weighted by Gasteiger charge is 2.01. The van der Waals surface area contributed by atoms with Crippen molar-refractivity contribution < 1.29 is 10.2 Å². The molecule has 144 valence electrons. The van der Waals surface area contributed by atoms with Crippen molar-refractivity contribution in [1.29, 1.82) is 0 Å². The number of aliphatic hydroxyl groups is 2. The molecule has 28 heavy (non-hydrogen) atoms. The van der Waals surface area contributed by atoms with Gasteiger partial charge in [-0.2, -0.15) is 0 Å². The zero-order valence-corrected chi connectivity index (χ0v) is 16.8. The smallest absolute Gasteiger partial charge is 0.0770 e. The van der Waals surface area contributed by atoms with Crippen LogP contribution in [0.5, 0.6) is 0 Å². The van der Waals surface area contributed by atoms with Gasteiger partial charge in [-0.15, -0.1) is 0 Å². The van der Waals surface area contributed by atoms with E-state index >= 15 is 0 Å². The van der Waals surface area contributed by atoms with Crippen LogP contribution in [0.3, 0.4) is 0 Å². The second kappa shape index (κ2) is 10.2. The summed E-state index contributed by atoms with van der Waals surface area (Å²) in [5, 5.41) is 19.3. The van der Waals surface area contributed by atoms with Gasteiger partial charge in [0.15, 0.2) is 0 Å². The number of benzene rings is 2. The third kappa shape index (κ3) is 5.93. The van der Waals surface area contributed by atoms with Gasteiger partial charge in [-0.1, -0.05) is 23.7 Å². The third-order valence-corrected chi connectivity index (χ3v) is 4.16. The average Bonchev–Trinajstić information content (AvgIpc) is 2.71. The summed E-state index contributed by atoms with van der Waals surface area (Å²) in [5.41, 5.74) is 4.70. The SMILES string of the molecule is CN(C)c1ccc(C#C/C(CO)=C(/C#Cc2ccc(N(C)C)cc2)CO)cc1. The largest absolute Gasteiger partial charge is 0.391 e. The van der Waals surface area contributed by atoms with Gasteiger partial charge in [0.2, 0.25) is 0 Å². The number of rotatable bonds is 4. The van der Waals surface area contributed by atoms with Crippen molar-refractivity contribution in [2.75, 3.05) is 51.2 Å². The summed E-state index contributed by atoms with van der Waals surface area (Å²) in [6.45, 7) is -0.542. The molecule has 2 rings (SSSR count). The molecule has 0 aliphatic heterocycles. The number of aliphatic hydroxyl groups excluding tert-OH is 2. The van der Waals surface area contributed by atoms with Gasteiger partial charge in [-0.3, -0.25) is 0 Å². The van der Waals surface area contributed by atoms with Gasteiger partial charge in [0.05, 0.1) is 13.2 Å². The minimum Gasteiger partial charge on any atom is -0.391 e. The normalized spacial score (nSPS) is 10.8. The molecule has 2 N–H and O–H groups in total. The Morgan fingerprint density at radius 2 is 0.964 bits per heavy atom. The van der Waals surface area contributed by atoms with Crippen molar-refractivity contribution >= 4 is 11.4 Å². The number of hydrogen-bond donors (Lipinski definition) is 2. The molecule has 0 amide bonds. The van der Waals surface area contributed by atoms with Crippen molar-refractivity contribution in [3.63, 3.8) is 0 Å². The fraction of sp³-hybridized carbons (Fsp3) is 0.250. The minimum atomic E-state index is -0.271. The molecule has 0 fully saturated rings. The maximum atomic E-state index is 9.67. The maximum absolute atomic E-state index is 9.67. The molecule has 2 aromatic carbocycles. The average molecular weight is 374 g/mol. The van der Waals surface area contributed by atoms with Gasteiger partial charge in [0, 0.05) is 61.8 Å². The van der Waals surface area contributed by atoms with Crippen LogP contribution in [0.15, 0.2) is 59.7 Å². The molecule has 0 saturated carbocycles. The molecule has 0 unspecified atom stereocenters. The summed E-state index contributed by atoms with van der Waals surface area (Å²) in [6, 6.07) is 15.6. The van der Waals surface area contributed by atoms with E-state index in [1.807, 2.05) is 86.5 Å². The van der Waals surface area contributed by atoms with Crippen molar-refractivity contribution in [2.45, 2.75) is 0 Å². The first-order valence-corrected chi connectivity index (χ1v) is 8.97. The van der Waals surface area contributed by atoms with Gasteiger partial charge in [0.1, 0.15) is 0 Å². The zero-order chi connectivity index (χ0) is 20.5. The Morgan fingerprint density at radius 3 is 1.21 bits per heavy atom. The van der Waals surface area contributed by atoms with Crippen LogP contribution in [-0.2, 0) is 0 Å². The highest BCUT2D eigenvalue weighted by atomic mass is 16.3. The molecule has 0 spiro atoms. The number of nitrogens with zero attached hydrogens (tertiary/aromatic N) is 2. The first-order valence-electron chi connectivity index (χ1n) is 8.97. The van der Waals surface area contributed by atoms with E-state index in [-0.39, 0.29) is 13.2 Å². The Bertz CT molecular complexity index is 853. The Balaban J connectivity index is 2.26. The molecular weight excluding hydrogens is 348 g/mol. The monoisotopic (exact) mass is 374 g/mol. The van der Waals surface area contributed by atoms with E-state index in [0.29, 0.717) is 11.1 Å². The van der Waals surface area contributed by atoms with E-state index in [1.54, 1.807) is 0 Å². The molecule has 0 atom stereocenters. The van der Waals surface area contributed by atoms with Gasteiger partial charge >= 0.3 is 0 Å². The van der Waals surface area contributed by atoms with E-state index < -0.39 is 0 Å². The number of anilines is 2. The molecule has 0 aliphatic carbocycles. The first kappa shape index (κ1) is 21.1. The molecule has 0 radical (unpaired) electrons. The molecule has 4 nitrogen and oxygen atoms in total. The zero-order valence-electron chi connectivity index (χ0n) is 16.8. The summed E-state index contributed by atoms with van der Waals surface area (Å²) in [4.78, 5) is 4.03. The summed E-state index contributed by atoms with van der Waals surface area (Å²) < 4.78 is 0. The lowest BCUT2D eigenvalue weighted by Gasteiger charge is -2.11. The van der Waals surface area contributed by atoms with E-state index in [0.717, 1.165) is 22.5 Å². The third-order valence-electron chi connectivity index (χ3n) is 4.16. The number of hydrogen-bond acceptors (Lipinski definition) is 4. The molecular formula is C24H26N2O2. The van der Waals surface area contributed by atoms with Gasteiger partial charge in [0.25, 0.3) is 0 Å². The van der Waals surface area contributed by atoms with E-state index in [9.17, 15) is 10.2 Å². The molecule has 0 bridgehead atoms. The van der Waals surface area contributed by atoms with E-state index in [1.165, 1.54) is 0 Å². The van der Waals surface area contributed by atoms with Crippen LogP contribution in [-0.4, -0.2) is 51.6 Å². The van der Waals surface area contributed by atoms with E-state index in [4.69, 9.17) is 0 Å². The van der Waals surface area contributed by atoms with Crippen LogP contribution in [0.2, 0.25) is 0 Å². The quantitative estimate of drug-likeness (QED) is 0.808. The Kier molecular flexibility index (Phi) is 7.72. The van der Waals surface area contributed by atoms with Crippen molar-refractivity contribution in [1.82, 2.24) is 0 Å². The van der Waals surface area contributed by atoms with Crippen LogP contribution < -0.4 is 9.80 Å². The Morgan fingerprint density at radius 1 is 0.643 bits per heavy atom. The van der Waals surface area contributed by atoms with Crippen LogP contribution in [0, 0.1) is 23.7 Å². The van der Waals surface area contributed by atoms with Crippen molar-refractivity contribution in [3.8, 4) is 23.7 Å². The lowest BCUT2D eigenvalue weighted by molar-refractivity contribution is 0.319. The van der Waals surface area contributed by atoms with Crippen LogP contribution in [0.1, 0.15) is 11.1 Å². The van der Waals surface area contributed by atoms with Gasteiger partial charge in [-0.05, 0) is 48.5 Å². The second-order valence-electron chi connectivity index (χ2n) is 6.66. The fourth-order valence-electron chi connectivity index (χ4n) is 2.40. The highest BCUT2D eigenvalue weighted by Crippen LogP contribution is 2.13. The second-order valence-corrected chi connectivity index (χ2v) is 6.66. The van der Waals surface area contributed by atoms with Crippen LogP contribution in [0.25, 0.3) is 0 Å². The Hall–Kier alpha value is -3.18. The predicted octanol–water partition coefficient (Wildman–Crippen LogP) is 2.50. The van der Waals surface area contributed by atoms with Crippen LogP contribution >= 0.6 is 0 Å². The summed E-state index contributed by atoms with van der Waals surface area (Å²) in [6.07, 6.45) is 0. The summed E-state index contributed by atoms with van der Waals surface area (Å²) >= 11 is 0. The fourth-order valence-corrected chi connectivity index (χ4v) is 2.40. The molecule has 0 heterocycles. The highest BCUT2D eigenvalue weighted by molar-refractivity contribution is 5.54. The summed E-state index contributed by atoms with van der Waals surface area (Å²) in [5.74, 6) is 11.9. The lowest BCUT2D eigenvalue weighted by atomic mass is 10.1. The van der Waals surface area contributed by atoms with Crippen molar-refractivity contribution in [2.24, 2.45) is 0 Å². The summed E-state index contributed by atoms with van der Waals surface area (Å²) in [7, 11) is 7.92. The predicted molar refractivity (Wildman–Crippen MR) is 116 cm³/mol. The van der Waals surface area contributed by atoms with Gasteiger partial charge < -0.3 is 20.0 Å². The van der Waals surface area contributed by atoms with Crippen molar-refractivity contribution in [3.05, 3.63) is 70.8 Å². The first-order chi connectivity index (χ1) is 13.4. The molecule has 0 saturated heterocycles. The Labute approximate surface area is 167 Å². The lowest BCUT2D eigenvalue weighted by Crippen LogP contribution is -2.07. The minimum absolute atomic E-state index is 0.271. The molecule has 2 aromatic rings. The standard InChI is InChI=1S/C24H26N2O2/c1-25(2)23-13-7-19(8-14-23)5-11-21(17-27)22(18-28)12-6-20-9-15-24(16-10-20)26(3)4/h7-10,13-16,27-28H,17-18H2,1-4H3/b22-21+. The molecule has 0 aromatic heterocycles. The maximum Gasteiger partial charge on any atom is 0.0770 e. The topological polar surface area (TPSA) is 46.9 Å². The van der Waals surface area contributed by atoms with E-state index in [2.05, 4.69) is 23.7 Å². The van der Waals surface area contributed by atoms with Gasteiger partial charge in [-0.25, -0.2) is 0 Å². The van der Waals surface area contributed by atoms with Crippen LogP contribution in [0.4, 0.5) is 11.4 Å².